The Balaban J connectivity index is 2.16. The molecule has 0 radical (unpaired) electrons. The van der Waals surface area contributed by atoms with Crippen LogP contribution in [-0.2, 0) is 12.8 Å². The smallest absolute Gasteiger partial charge is 0.251 e. The Morgan fingerprint density at radius 3 is 2.56 bits per heavy atom. The standard InChI is InChI=1S/C16H23NO/c1-4-16(2,3)17-15(18)14-10-9-12-7-5-6-8-13(12)11-14/h9-11H,4-8H2,1-3H3,(H,17,18). The molecule has 0 aliphatic heterocycles. The maximum Gasteiger partial charge on any atom is 0.251 e. The molecule has 1 aliphatic carbocycles. The normalized spacial score (nSPS) is 15.1. The second kappa shape index (κ2) is 5.13. The number of hydrogen-bond donors (Lipinski definition) is 1. The first-order chi connectivity index (χ1) is 8.52. The van der Waals surface area contributed by atoms with Gasteiger partial charge in [-0.25, -0.2) is 0 Å². The van der Waals surface area contributed by atoms with Crippen molar-refractivity contribution < 1.29 is 4.79 Å². The first-order valence-electron chi connectivity index (χ1n) is 6.96. The van der Waals surface area contributed by atoms with Gasteiger partial charge >= 0.3 is 0 Å². The van der Waals surface area contributed by atoms with Crippen LogP contribution in [0.2, 0.25) is 0 Å². The summed E-state index contributed by atoms with van der Waals surface area (Å²) in [6, 6.07) is 6.17. The predicted molar refractivity (Wildman–Crippen MR) is 74.9 cm³/mol. The van der Waals surface area contributed by atoms with Gasteiger partial charge in [-0.05, 0) is 69.2 Å². The summed E-state index contributed by atoms with van der Waals surface area (Å²) in [5, 5.41) is 3.09. The Hall–Kier alpha value is -1.31. The molecule has 1 N–H and O–H groups in total. The van der Waals surface area contributed by atoms with Crippen LogP contribution < -0.4 is 5.32 Å². The van der Waals surface area contributed by atoms with E-state index in [4.69, 9.17) is 0 Å². The quantitative estimate of drug-likeness (QED) is 0.868. The van der Waals surface area contributed by atoms with Crippen LogP contribution in [0.3, 0.4) is 0 Å². The van der Waals surface area contributed by atoms with Crippen molar-refractivity contribution in [1.82, 2.24) is 5.32 Å². The Morgan fingerprint density at radius 1 is 1.22 bits per heavy atom. The maximum atomic E-state index is 12.2. The van der Waals surface area contributed by atoms with Gasteiger partial charge in [-0.1, -0.05) is 13.0 Å². The van der Waals surface area contributed by atoms with Crippen LogP contribution in [0.15, 0.2) is 18.2 Å². The van der Waals surface area contributed by atoms with Crippen molar-refractivity contribution in [1.29, 1.82) is 0 Å². The molecule has 0 atom stereocenters. The fourth-order valence-electron chi connectivity index (χ4n) is 2.34. The number of carbonyl (C=O) groups excluding carboxylic acids is 1. The number of hydrogen-bond acceptors (Lipinski definition) is 1. The summed E-state index contributed by atoms with van der Waals surface area (Å²) in [6.45, 7) is 6.21. The van der Waals surface area contributed by atoms with Crippen molar-refractivity contribution in [3.8, 4) is 0 Å². The van der Waals surface area contributed by atoms with E-state index >= 15 is 0 Å². The zero-order valence-corrected chi connectivity index (χ0v) is 11.7. The molecular weight excluding hydrogens is 222 g/mol. The minimum absolute atomic E-state index is 0.0511. The Kier molecular flexibility index (Phi) is 3.74. The fourth-order valence-corrected chi connectivity index (χ4v) is 2.34. The van der Waals surface area contributed by atoms with E-state index in [-0.39, 0.29) is 11.4 Å². The van der Waals surface area contributed by atoms with Gasteiger partial charge in [0.15, 0.2) is 0 Å². The third-order valence-electron chi connectivity index (χ3n) is 3.95. The molecule has 0 spiro atoms. The van der Waals surface area contributed by atoms with Crippen LogP contribution in [-0.4, -0.2) is 11.4 Å². The van der Waals surface area contributed by atoms with Gasteiger partial charge in [0.05, 0.1) is 0 Å². The molecule has 2 rings (SSSR count). The topological polar surface area (TPSA) is 29.1 Å². The Bertz CT molecular complexity index is 448. The predicted octanol–water partition coefficient (Wildman–Crippen LogP) is 3.48. The summed E-state index contributed by atoms with van der Waals surface area (Å²) in [5.74, 6) is 0.0511. The average molecular weight is 245 g/mol. The third kappa shape index (κ3) is 2.92. The number of fused-ring (bicyclic) bond motifs is 1. The lowest BCUT2D eigenvalue weighted by molar-refractivity contribution is 0.0911. The first-order valence-corrected chi connectivity index (χ1v) is 6.96. The molecule has 0 fully saturated rings. The molecule has 98 valence electrons. The van der Waals surface area contributed by atoms with Crippen molar-refractivity contribution in [3.63, 3.8) is 0 Å². The second-order valence-corrected chi connectivity index (χ2v) is 5.88. The summed E-state index contributed by atoms with van der Waals surface area (Å²) in [5.41, 5.74) is 3.46. The van der Waals surface area contributed by atoms with Crippen LogP contribution in [0.1, 0.15) is 61.5 Å². The number of benzene rings is 1. The van der Waals surface area contributed by atoms with Crippen LogP contribution in [0, 0.1) is 0 Å². The highest BCUT2D eigenvalue weighted by molar-refractivity contribution is 5.95. The van der Waals surface area contributed by atoms with Gasteiger partial charge in [-0.2, -0.15) is 0 Å². The van der Waals surface area contributed by atoms with Gasteiger partial charge in [0, 0.05) is 11.1 Å². The van der Waals surface area contributed by atoms with E-state index in [1.807, 2.05) is 6.07 Å². The summed E-state index contributed by atoms with van der Waals surface area (Å²) in [4.78, 5) is 12.2. The second-order valence-electron chi connectivity index (χ2n) is 5.88. The van der Waals surface area contributed by atoms with Gasteiger partial charge < -0.3 is 5.32 Å². The summed E-state index contributed by atoms with van der Waals surface area (Å²) < 4.78 is 0. The Morgan fingerprint density at radius 2 is 1.89 bits per heavy atom. The summed E-state index contributed by atoms with van der Waals surface area (Å²) in [7, 11) is 0. The van der Waals surface area contributed by atoms with Crippen LogP contribution in [0.4, 0.5) is 0 Å². The van der Waals surface area contributed by atoms with Gasteiger partial charge in [-0.15, -0.1) is 0 Å². The van der Waals surface area contributed by atoms with Crippen molar-refractivity contribution in [2.75, 3.05) is 0 Å². The molecule has 0 aromatic heterocycles. The molecule has 1 amide bonds. The number of nitrogens with one attached hydrogen (secondary N) is 1. The molecule has 18 heavy (non-hydrogen) atoms. The van der Waals surface area contributed by atoms with Crippen LogP contribution in [0.5, 0.6) is 0 Å². The largest absolute Gasteiger partial charge is 0.347 e. The maximum absolute atomic E-state index is 12.2. The number of aryl methyl sites for hydroxylation is 2. The van der Waals surface area contributed by atoms with E-state index in [0.29, 0.717) is 0 Å². The number of rotatable bonds is 3. The summed E-state index contributed by atoms with van der Waals surface area (Å²) in [6.07, 6.45) is 5.74. The molecule has 2 heteroatoms. The van der Waals surface area contributed by atoms with E-state index in [1.54, 1.807) is 0 Å². The SMILES string of the molecule is CCC(C)(C)NC(=O)c1ccc2c(c1)CCCC2. The van der Waals surface area contributed by atoms with E-state index < -0.39 is 0 Å². The van der Waals surface area contributed by atoms with Gasteiger partial charge in [0.2, 0.25) is 0 Å². The van der Waals surface area contributed by atoms with E-state index in [0.717, 1.165) is 24.8 Å². The fraction of sp³-hybridized carbons (Fsp3) is 0.562. The van der Waals surface area contributed by atoms with Gasteiger partial charge in [0.1, 0.15) is 0 Å². The molecule has 0 heterocycles. The first kappa shape index (κ1) is 13.1. The zero-order chi connectivity index (χ0) is 13.2. The number of carbonyl (C=O) groups is 1. The van der Waals surface area contributed by atoms with Crippen molar-refractivity contribution in [3.05, 3.63) is 34.9 Å². The highest BCUT2D eigenvalue weighted by atomic mass is 16.1. The van der Waals surface area contributed by atoms with E-state index in [1.165, 1.54) is 24.0 Å². The highest BCUT2D eigenvalue weighted by Crippen LogP contribution is 2.22. The van der Waals surface area contributed by atoms with Gasteiger partial charge in [0.25, 0.3) is 5.91 Å². The molecular formula is C16H23NO. The van der Waals surface area contributed by atoms with Crippen LogP contribution in [0.25, 0.3) is 0 Å². The molecule has 0 bridgehead atoms. The van der Waals surface area contributed by atoms with Crippen molar-refractivity contribution in [2.24, 2.45) is 0 Å². The number of amides is 1. The zero-order valence-electron chi connectivity index (χ0n) is 11.7. The molecule has 1 aliphatic rings. The summed E-state index contributed by atoms with van der Waals surface area (Å²) >= 11 is 0. The van der Waals surface area contributed by atoms with Crippen molar-refractivity contribution in [2.45, 2.75) is 58.4 Å². The molecule has 1 aromatic rings. The minimum atomic E-state index is -0.132. The van der Waals surface area contributed by atoms with Crippen LogP contribution >= 0.6 is 0 Å². The molecule has 0 unspecified atom stereocenters. The lowest BCUT2D eigenvalue weighted by atomic mass is 9.90. The molecule has 0 saturated carbocycles. The third-order valence-corrected chi connectivity index (χ3v) is 3.95. The lowest BCUT2D eigenvalue weighted by Crippen LogP contribution is -2.42. The average Bonchev–Trinajstić information content (AvgIpc) is 2.37. The molecule has 1 aromatic carbocycles. The monoisotopic (exact) mass is 245 g/mol. The lowest BCUT2D eigenvalue weighted by Gasteiger charge is -2.25. The van der Waals surface area contributed by atoms with Crippen molar-refractivity contribution >= 4 is 5.91 Å². The molecule has 2 nitrogen and oxygen atoms in total. The minimum Gasteiger partial charge on any atom is -0.347 e. The highest BCUT2D eigenvalue weighted by Gasteiger charge is 2.19. The van der Waals surface area contributed by atoms with E-state index in [9.17, 15) is 4.79 Å². The Labute approximate surface area is 110 Å². The van der Waals surface area contributed by atoms with E-state index in [2.05, 4.69) is 38.2 Å². The molecule has 0 saturated heterocycles. The van der Waals surface area contributed by atoms with Gasteiger partial charge in [-0.3, -0.25) is 4.79 Å².